The zero-order valence-corrected chi connectivity index (χ0v) is 19.8. The molecule has 1 aliphatic heterocycles. The van der Waals surface area contributed by atoms with Crippen LogP contribution < -0.4 is 9.64 Å². The lowest BCUT2D eigenvalue weighted by Gasteiger charge is -2.25. The van der Waals surface area contributed by atoms with E-state index in [1.807, 2.05) is 52.2 Å². The maximum Gasteiger partial charge on any atom is 0.295 e. The van der Waals surface area contributed by atoms with Gasteiger partial charge >= 0.3 is 0 Å². The second-order valence-corrected chi connectivity index (χ2v) is 8.83. The van der Waals surface area contributed by atoms with Gasteiger partial charge in [-0.15, -0.1) is 0 Å². The maximum atomic E-state index is 13.0. The molecule has 0 bridgehead atoms. The predicted octanol–water partition coefficient (Wildman–Crippen LogP) is 2.72. The molecule has 7 heteroatoms. The minimum atomic E-state index is -0.661. The molecule has 3 rings (SSSR count). The lowest BCUT2D eigenvalue weighted by molar-refractivity contribution is -0.857. The molecule has 6 nitrogen and oxygen atoms in total. The van der Waals surface area contributed by atoms with Crippen LogP contribution in [0.2, 0.25) is 0 Å². The smallest absolute Gasteiger partial charge is 0.295 e. The van der Waals surface area contributed by atoms with Gasteiger partial charge in [0.25, 0.3) is 11.7 Å². The molecule has 0 aromatic heterocycles. The molecule has 0 spiro atoms. The Morgan fingerprint density at radius 1 is 1.16 bits per heavy atom. The number of hydrogen-bond acceptors (Lipinski definition) is 4. The number of aliphatic hydroxyl groups is 1. The van der Waals surface area contributed by atoms with Gasteiger partial charge in [0, 0.05) is 10.0 Å². The summed E-state index contributed by atoms with van der Waals surface area (Å²) in [5.41, 5.74) is 2.22. The van der Waals surface area contributed by atoms with Crippen molar-refractivity contribution in [2.75, 3.05) is 33.8 Å². The van der Waals surface area contributed by atoms with Gasteiger partial charge in [-0.1, -0.05) is 28.1 Å². The van der Waals surface area contributed by atoms with Gasteiger partial charge in [-0.3, -0.25) is 9.59 Å². The molecular formula is C24H28BrN2O4+. The van der Waals surface area contributed by atoms with Crippen molar-refractivity contribution in [1.29, 1.82) is 0 Å². The average Bonchev–Trinajstić information content (AvgIpc) is 2.98. The van der Waals surface area contributed by atoms with Crippen molar-refractivity contribution in [3.63, 3.8) is 0 Å². The number of ketones is 1. The Balaban J connectivity index is 2.12. The van der Waals surface area contributed by atoms with Crippen LogP contribution in [0, 0.1) is 6.92 Å². The summed E-state index contributed by atoms with van der Waals surface area (Å²) >= 11 is 3.43. The minimum absolute atomic E-state index is 0.115. The topological polar surface area (TPSA) is 71.3 Å². The summed E-state index contributed by atoms with van der Waals surface area (Å²) in [6, 6.07) is 12.1. The first-order chi connectivity index (χ1) is 14.7. The number of nitrogens with one attached hydrogen (secondary N) is 1. The van der Waals surface area contributed by atoms with E-state index >= 15 is 0 Å². The Labute approximate surface area is 191 Å². The molecule has 0 unspecified atom stereocenters. The van der Waals surface area contributed by atoms with Crippen LogP contribution in [0.1, 0.15) is 29.7 Å². The number of carbonyl (C=O) groups excluding carboxylic acids is 2. The average molecular weight is 488 g/mol. The number of likely N-dealkylation sites (tertiary alicyclic amines) is 1. The van der Waals surface area contributed by atoms with Crippen LogP contribution in [-0.2, 0) is 9.59 Å². The molecule has 0 saturated carbocycles. The maximum absolute atomic E-state index is 13.0. The number of benzene rings is 2. The number of hydrogen-bond donors (Lipinski definition) is 2. The first-order valence-electron chi connectivity index (χ1n) is 10.3. The Kier molecular flexibility index (Phi) is 7.18. The first kappa shape index (κ1) is 23.0. The van der Waals surface area contributed by atoms with Crippen molar-refractivity contribution in [1.82, 2.24) is 4.90 Å². The van der Waals surface area contributed by atoms with Crippen molar-refractivity contribution in [3.8, 4) is 5.75 Å². The molecule has 1 amide bonds. The van der Waals surface area contributed by atoms with E-state index in [9.17, 15) is 14.7 Å². The molecule has 1 fully saturated rings. The molecule has 1 heterocycles. The number of aryl methyl sites for hydroxylation is 1. The van der Waals surface area contributed by atoms with E-state index in [1.54, 1.807) is 23.1 Å². The highest BCUT2D eigenvalue weighted by molar-refractivity contribution is 9.10. The molecule has 1 atom stereocenters. The molecule has 1 saturated heterocycles. The lowest BCUT2D eigenvalue weighted by Crippen LogP contribution is -3.06. The van der Waals surface area contributed by atoms with Gasteiger partial charge in [-0.25, -0.2) is 0 Å². The fourth-order valence-electron chi connectivity index (χ4n) is 3.72. The third kappa shape index (κ3) is 4.83. The van der Waals surface area contributed by atoms with Crippen molar-refractivity contribution in [2.24, 2.45) is 0 Å². The number of aliphatic hydroxyl groups excluding tert-OH is 1. The summed E-state index contributed by atoms with van der Waals surface area (Å²) in [5, 5.41) is 11.2. The lowest BCUT2D eigenvalue weighted by atomic mass is 9.95. The van der Waals surface area contributed by atoms with Gasteiger partial charge in [-0.2, -0.15) is 0 Å². The summed E-state index contributed by atoms with van der Waals surface area (Å²) in [6.07, 6.45) is 0. The normalized spacial score (nSPS) is 18.1. The number of quaternary nitrogens is 1. The van der Waals surface area contributed by atoms with Crippen LogP contribution in [0.15, 0.2) is 52.5 Å². The number of halogens is 1. The van der Waals surface area contributed by atoms with Gasteiger partial charge < -0.3 is 19.6 Å². The minimum Gasteiger partial charge on any atom is -0.507 e. The van der Waals surface area contributed by atoms with E-state index < -0.39 is 17.7 Å². The predicted molar refractivity (Wildman–Crippen MR) is 123 cm³/mol. The Morgan fingerprint density at radius 3 is 2.42 bits per heavy atom. The Hall–Kier alpha value is -2.64. The zero-order chi connectivity index (χ0) is 22.7. The second kappa shape index (κ2) is 9.66. The zero-order valence-electron chi connectivity index (χ0n) is 18.2. The van der Waals surface area contributed by atoms with Gasteiger partial charge in [0.15, 0.2) is 0 Å². The molecule has 0 aliphatic carbocycles. The fraction of sp³-hybridized carbons (Fsp3) is 0.333. The molecule has 2 N–H and O–H groups in total. The van der Waals surface area contributed by atoms with Crippen LogP contribution in [-0.4, -0.2) is 55.5 Å². The number of ether oxygens (including phenoxy) is 1. The second-order valence-electron chi connectivity index (χ2n) is 7.91. The monoisotopic (exact) mass is 487 g/mol. The van der Waals surface area contributed by atoms with Gasteiger partial charge in [-0.05, 0) is 55.3 Å². The van der Waals surface area contributed by atoms with Crippen molar-refractivity contribution < 1.29 is 24.3 Å². The highest BCUT2D eigenvalue weighted by Crippen LogP contribution is 2.39. The van der Waals surface area contributed by atoms with E-state index in [1.165, 1.54) is 4.90 Å². The fourth-order valence-corrected chi connectivity index (χ4v) is 3.98. The Morgan fingerprint density at radius 2 is 1.84 bits per heavy atom. The third-order valence-electron chi connectivity index (χ3n) is 5.33. The number of nitrogens with zero attached hydrogens (tertiary/aromatic N) is 1. The van der Waals surface area contributed by atoms with E-state index in [-0.39, 0.29) is 11.3 Å². The van der Waals surface area contributed by atoms with Crippen molar-refractivity contribution in [3.05, 3.63) is 69.2 Å². The summed E-state index contributed by atoms with van der Waals surface area (Å²) in [4.78, 5) is 28.7. The molecule has 0 radical (unpaired) electrons. The Bertz CT molecular complexity index is 1010. The van der Waals surface area contributed by atoms with E-state index in [2.05, 4.69) is 15.9 Å². The van der Waals surface area contributed by atoms with Crippen LogP contribution in [0.5, 0.6) is 5.75 Å². The highest BCUT2D eigenvalue weighted by atomic mass is 79.9. The third-order valence-corrected chi connectivity index (χ3v) is 5.86. The number of likely N-dealkylation sites (N-methyl/N-ethyl adjacent to an activating group) is 1. The summed E-state index contributed by atoms with van der Waals surface area (Å²) in [6.45, 7) is 5.42. The highest BCUT2D eigenvalue weighted by Gasteiger charge is 2.46. The molecule has 31 heavy (non-hydrogen) atoms. The van der Waals surface area contributed by atoms with E-state index in [0.29, 0.717) is 25.3 Å². The van der Waals surface area contributed by atoms with Gasteiger partial charge in [0.2, 0.25) is 0 Å². The first-order valence-corrected chi connectivity index (χ1v) is 11.1. The molecular weight excluding hydrogens is 460 g/mol. The quantitative estimate of drug-likeness (QED) is 0.357. The number of amides is 1. The van der Waals surface area contributed by atoms with Crippen LogP contribution >= 0.6 is 15.9 Å². The largest absolute Gasteiger partial charge is 0.507 e. The number of Topliss-reactive ketones (excluding diaryl/α,β-unsaturated/α-hetero) is 1. The summed E-state index contributed by atoms with van der Waals surface area (Å²) < 4.78 is 6.47. The van der Waals surface area contributed by atoms with E-state index in [4.69, 9.17) is 4.74 Å². The SMILES string of the molecule is CCOc1ccc(C(O)=C2C(=O)C(=O)N(CC[NH+](C)C)[C@H]2c2ccc(Br)cc2)cc1C. The van der Waals surface area contributed by atoms with Crippen molar-refractivity contribution in [2.45, 2.75) is 19.9 Å². The molecule has 1 aliphatic rings. The van der Waals surface area contributed by atoms with Gasteiger partial charge in [0.1, 0.15) is 11.5 Å². The van der Waals surface area contributed by atoms with Crippen LogP contribution in [0.4, 0.5) is 0 Å². The van der Waals surface area contributed by atoms with E-state index in [0.717, 1.165) is 21.3 Å². The summed E-state index contributed by atoms with van der Waals surface area (Å²) in [7, 11) is 3.99. The van der Waals surface area contributed by atoms with Gasteiger partial charge in [0.05, 0.1) is 45.4 Å². The number of rotatable bonds is 7. The van der Waals surface area contributed by atoms with Crippen LogP contribution in [0.3, 0.4) is 0 Å². The molecule has 164 valence electrons. The molecule has 2 aromatic rings. The number of carbonyl (C=O) groups is 2. The molecule has 2 aromatic carbocycles. The van der Waals surface area contributed by atoms with Crippen LogP contribution in [0.25, 0.3) is 5.76 Å². The van der Waals surface area contributed by atoms with Crippen molar-refractivity contribution >= 4 is 33.4 Å². The summed E-state index contributed by atoms with van der Waals surface area (Å²) in [5.74, 6) is -0.695. The standard InChI is InChI=1S/C24H27BrN2O4/c1-5-31-19-11-8-17(14-15(19)2)22(28)20-21(16-6-9-18(25)10-7-16)27(13-12-26(3)4)24(30)23(20)29/h6-11,14,21,28H,5,12-13H2,1-4H3/p+1/t21-/m0/s1.